The van der Waals surface area contributed by atoms with Gasteiger partial charge in [-0.1, -0.05) is 13.8 Å². The molecule has 1 fully saturated rings. The Bertz CT molecular complexity index is 389. The maximum Gasteiger partial charge on any atom is 0.0547 e. The molecule has 2 N–H and O–H groups in total. The molecule has 1 aromatic heterocycles. The molecular weight excluding hydrogens is 238 g/mol. The normalized spacial score (nSPS) is 18.0. The van der Waals surface area contributed by atoms with E-state index in [-0.39, 0.29) is 0 Å². The number of hydrogen-bond donors (Lipinski definition) is 2. The van der Waals surface area contributed by atoms with Gasteiger partial charge in [0, 0.05) is 26.3 Å². The highest BCUT2D eigenvalue weighted by atomic mass is 16.5. The average Bonchev–Trinajstić information content (AvgIpc) is 2.44. The van der Waals surface area contributed by atoms with Crippen LogP contribution in [0.3, 0.4) is 0 Å². The minimum atomic E-state index is 0.338. The van der Waals surface area contributed by atoms with E-state index >= 15 is 0 Å². The molecular formula is C15H25N3O. The van der Waals surface area contributed by atoms with Crippen LogP contribution in [0.4, 0.5) is 11.4 Å². The van der Waals surface area contributed by atoms with Gasteiger partial charge in [-0.15, -0.1) is 0 Å². The fourth-order valence-electron chi connectivity index (χ4n) is 2.26. The molecule has 0 amide bonds. The molecule has 0 saturated carbocycles. The quantitative estimate of drug-likeness (QED) is 0.827. The maximum atomic E-state index is 5.43. The van der Waals surface area contributed by atoms with Gasteiger partial charge in [0.15, 0.2) is 0 Å². The number of aromatic nitrogens is 1. The summed E-state index contributed by atoms with van der Waals surface area (Å²) in [6, 6.07) is 2.13. The molecule has 1 aliphatic heterocycles. The van der Waals surface area contributed by atoms with Crippen molar-refractivity contribution in [1.29, 1.82) is 0 Å². The highest BCUT2D eigenvalue weighted by molar-refractivity contribution is 5.54. The first-order chi connectivity index (χ1) is 9.22. The van der Waals surface area contributed by atoms with Crippen molar-refractivity contribution >= 4 is 11.4 Å². The predicted molar refractivity (Wildman–Crippen MR) is 79.7 cm³/mol. The molecule has 0 bridgehead atoms. The van der Waals surface area contributed by atoms with E-state index in [1.54, 1.807) is 0 Å². The molecule has 0 aliphatic carbocycles. The largest absolute Gasteiger partial charge is 0.384 e. The van der Waals surface area contributed by atoms with Crippen molar-refractivity contribution in [2.75, 3.05) is 36.9 Å². The van der Waals surface area contributed by atoms with E-state index in [2.05, 4.69) is 35.5 Å². The summed E-state index contributed by atoms with van der Waals surface area (Å²) in [5, 5.41) is 6.87. The molecule has 1 aromatic rings. The summed E-state index contributed by atoms with van der Waals surface area (Å²) in [6.07, 6.45) is 7.13. The Morgan fingerprint density at radius 3 is 2.58 bits per heavy atom. The van der Waals surface area contributed by atoms with Crippen molar-refractivity contribution in [3.63, 3.8) is 0 Å². The summed E-state index contributed by atoms with van der Waals surface area (Å²) in [6.45, 7) is 8.22. The fraction of sp³-hybridized carbons (Fsp3) is 0.667. The van der Waals surface area contributed by atoms with Gasteiger partial charge in [0.2, 0.25) is 0 Å². The van der Waals surface area contributed by atoms with Crippen LogP contribution in [-0.4, -0.2) is 31.3 Å². The first-order valence-electron chi connectivity index (χ1n) is 7.22. The molecule has 106 valence electrons. The topological polar surface area (TPSA) is 46.2 Å². The van der Waals surface area contributed by atoms with Gasteiger partial charge in [-0.2, -0.15) is 0 Å². The Hall–Kier alpha value is -1.29. The highest BCUT2D eigenvalue weighted by Crippen LogP contribution is 2.30. The Morgan fingerprint density at radius 1 is 1.21 bits per heavy atom. The van der Waals surface area contributed by atoms with Crippen molar-refractivity contribution in [3.8, 4) is 0 Å². The third-order valence-corrected chi connectivity index (χ3v) is 3.74. The Morgan fingerprint density at radius 2 is 1.89 bits per heavy atom. The van der Waals surface area contributed by atoms with Gasteiger partial charge in [0.1, 0.15) is 0 Å². The molecule has 0 aromatic carbocycles. The van der Waals surface area contributed by atoms with Gasteiger partial charge in [0.05, 0.1) is 23.8 Å². The molecule has 0 atom stereocenters. The summed E-state index contributed by atoms with van der Waals surface area (Å²) in [5.74, 6) is 0. The lowest BCUT2D eigenvalue weighted by Gasteiger charge is -2.33. The van der Waals surface area contributed by atoms with E-state index < -0.39 is 0 Å². The molecule has 19 heavy (non-hydrogen) atoms. The summed E-state index contributed by atoms with van der Waals surface area (Å²) >= 11 is 0. The lowest BCUT2D eigenvalue weighted by molar-refractivity contribution is 0.0300. The summed E-state index contributed by atoms with van der Waals surface area (Å²) < 4.78 is 5.43. The van der Waals surface area contributed by atoms with E-state index in [1.807, 2.05) is 12.4 Å². The van der Waals surface area contributed by atoms with Crippen LogP contribution in [0, 0.1) is 5.41 Å². The summed E-state index contributed by atoms with van der Waals surface area (Å²) in [5.41, 5.74) is 2.52. The van der Waals surface area contributed by atoms with Crippen LogP contribution in [0.25, 0.3) is 0 Å². The number of rotatable bonds is 6. The van der Waals surface area contributed by atoms with E-state index in [0.717, 1.165) is 56.9 Å². The molecule has 1 aliphatic rings. The van der Waals surface area contributed by atoms with Crippen LogP contribution >= 0.6 is 0 Å². The molecule has 4 nitrogen and oxygen atoms in total. The number of nitrogens with one attached hydrogen (secondary N) is 2. The maximum absolute atomic E-state index is 5.43. The van der Waals surface area contributed by atoms with Gasteiger partial charge in [-0.3, -0.25) is 4.98 Å². The first kappa shape index (κ1) is 14.1. The average molecular weight is 263 g/mol. The van der Waals surface area contributed by atoms with Gasteiger partial charge in [-0.25, -0.2) is 0 Å². The summed E-state index contributed by atoms with van der Waals surface area (Å²) in [4.78, 5) is 4.27. The number of hydrogen-bond acceptors (Lipinski definition) is 4. The minimum Gasteiger partial charge on any atom is -0.384 e. The van der Waals surface area contributed by atoms with Crippen LogP contribution in [0.15, 0.2) is 18.5 Å². The first-order valence-corrected chi connectivity index (χ1v) is 7.22. The van der Waals surface area contributed by atoms with Crippen molar-refractivity contribution in [2.24, 2.45) is 5.41 Å². The monoisotopic (exact) mass is 263 g/mol. The van der Waals surface area contributed by atoms with Crippen LogP contribution < -0.4 is 10.6 Å². The molecule has 0 spiro atoms. The summed E-state index contributed by atoms with van der Waals surface area (Å²) in [7, 11) is 0. The molecule has 1 saturated heterocycles. The second kappa shape index (κ2) is 6.75. The third-order valence-electron chi connectivity index (χ3n) is 3.74. The number of pyridine rings is 1. The van der Waals surface area contributed by atoms with Gasteiger partial charge in [-0.05, 0) is 30.7 Å². The van der Waals surface area contributed by atoms with E-state index in [4.69, 9.17) is 4.74 Å². The fourth-order valence-corrected chi connectivity index (χ4v) is 2.26. The standard InChI is InChI=1S/C15H25N3O/c1-3-6-17-13-9-14(11-16-10-13)18-12-15(2)4-7-19-8-5-15/h9-11,17-18H,3-8,12H2,1-2H3. The Balaban J connectivity index is 1.88. The van der Waals surface area contributed by atoms with Crippen LogP contribution in [0.1, 0.15) is 33.1 Å². The van der Waals surface area contributed by atoms with Crippen molar-refractivity contribution in [3.05, 3.63) is 18.5 Å². The minimum absolute atomic E-state index is 0.338. The molecule has 4 heteroatoms. The van der Waals surface area contributed by atoms with E-state index in [1.165, 1.54) is 0 Å². The number of nitrogens with zero attached hydrogens (tertiary/aromatic N) is 1. The molecule has 0 radical (unpaired) electrons. The van der Waals surface area contributed by atoms with Crippen LogP contribution in [-0.2, 0) is 4.74 Å². The Kier molecular flexibility index (Phi) is 5.02. The number of anilines is 2. The predicted octanol–water partition coefficient (Wildman–Crippen LogP) is 3.13. The van der Waals surface area contributed by atoms with Crippen molar-refractivity contribution in [2.45, 2.75) is 33.1 Å². The zero-order chi connectivity index (χ0) is 13.6. The second-order valence-corrected chi connectivity index (χ2v) is 5.67. The van der Waals surface area contributed by atoms with Gasteiger partial charge in [0.25, 0.3) is 0 Å². The lowest BCUT2D eigenvalue weighted by Crippen LogP contribution is -2.33. The second-order valence-electron chi connectivity index (χ2n) is 5.67. The zero-order valence-corrected chi connectivity index (χ0v) is 12.0. The zero-order valence-electron chi connectivity index (χ0n) is 12.0. The van der Waals surface area contributed by atoms with Crippen molar-refractivity contribution in [1.82, 2.24) is 4.98 Å². The van der Waals surface area contributed by atoms with Crippen LogP contribution in [0.5, 0.6) is 0 Å². The Labute approximate surface area is 116 Å². The van der Waals surface area contributed by atoms with E-state index in [0.29, 0.717) is 5.41 Å². The van der Waals surface area contributed by atoms with E-state index in [9.17, 15) is 0 Å². The number of ether oxygens (including phenoxy) is 1. The van der Waals surface area contributed by atoms with Gasteiger partial charge >= 0.3 is 0 Å². The van der Waals surface area contributed by atoms with Gasteiger partial charge < -0.3 is 15.4 Å². The smallest absolute Gasteiger partial charge is 0.0547 e. The van der Waals surface area contributed by atoms with Crippen molar-refractivity contribution < 1.29 is 4.74 Å². The molecule has 2 heterocycles. The SMILES string of the molecule is CCCNc1cncc(NCC2(C)CCOCC2)c1. The van der Waals surface area contributed by atoms with Crippen LogP contribution in [0.2, 0.25) is 0 Å². The molecule has 0 unspecified atom stereocenters. The third kappa shape index (κ3) is 4.39. The molecule has 2 rings (SSSR count). The highest BCUT2D eigenvalue weighted by Gasteiger charge is 2.26. The lowest BCUT2D eigenvalue weighted by atomic mass is 9.82.